The van der Waals surface area contributed by atoms with Crippen molar-refractivity contribution < 1.29 is 9.53 Å². The maximum Gasteiger partial charge on any atom is 0.311 e. The summed E-state index contributed by atoms with van der Waals surface area (Å²) in [5, 5.41) is 0. The summed E-state index contributed by atoms with van der Waals surface area (Å²) in [4.78, 5) is 16.2. The number of aryl methyl sites for hydroxylation is 1. The molecular formula is C26H41NO2. The Morgan fingerprint density at radius 2 is 1.62 bits per heavy atom. The van der Waals surface area contributed by atoms with Gasteiger partial charge in [-0.25, -0.2) is 0 Å². The van der Waals surface area contributed by atoms with Crippen LogP contribution in [0.25, 0.3) is 0 Å². The summed E-state index contributed by atoms with van der Waals surface area (Å²) in [5.74, 6) is 4.33. The lowest BCUT2D eigenvalue weighted by Crippen LogP contribution is -2.25. The number of nitrogens with zero attached hydrogens (tertiary/aromatic N) is 1. The van der Waals surface area contributed by atoms with Gasteiger partial charge in [0.05, 0.1) is 6.20 Å². The van der Waals surface area contributed by atoms with Crippen molar-refractivity contribution in [2.24, 2.45) is 23.7 Å². The third kappa shape index (κ3) is 7.12. The highest BCUT2D eigenvalue weighted by molar-refractivity contribution is 5.72. The number of rotatable bonds is 9. The van der Waals surface area contributed by atoms with E-state index in [1.54, 1.807) is 6.20 Å². The van der Waals surface area contributed by atoms with Crippen molar-refractivity contribution >= 4 is 5.97 Å². The van der Waals surface area contributed by atoms with Crippen molar-refractivity contribution in [2.75, 3.05) is 0 Å². The van der Waals surface area contributed by atoms with Crippen LogP contribution < -0.4 is 4.74 Å². The number of carbonyl (C=O) groups is 1. The molecule has 0 bridgehead atoms. The van der Waals surface area contributed by atoms with Crippen LogP contribution in [0.15, 0.2) is 18.3 Å². The minimum Gasteiger partial charge on any atom is -0.425 e. The van der Waals surface area contributed by atoms with E-state index in [2.05, 4.69) is 18.8 Å². The summed E-state index contributed by atoms with van der Waals surface area (Å²) in [6.07, 6.45) is 19.4. The van der Waals surface area contributed by atoms with Gasteiger partial charge < -0.3 is 4.74 Å². The number of carbonyl (C=O) groups excluding carboxylic acids is 1. The van der Waals surface area contributed by atoms with Gasteiger partial charge in [-0.05, 0) is 80.8 Å². The summed E-state index contributed by atoms with van der Waals surface area (Å²) >= 11 is 0. The van der Waals surface area contributed by atoms with E-state index in [9.17, 15) is 4.79 Å². The molecule has 1 aromatic rings. The highest BCUT2D eigenvalue weighted by atomic mass is 16.5. The Hall–Kier alpha value is -1.38. The Labute approximate surface area is 178 Å². The number of esters is 1. The predicted molar refractivity (Wildman–Crippen MR) is 119 cm³/mol. The molecule has 1 heterocycles. The second kappa shape index (κ2) is 11.7. The van der Waals surface area contributed by atoms with Crippen LogP contribution in [0.3, 0.4) is 0 Å². The zero-order chi connectivity index (χ0) is 20.5. The van der Waals surface area contributed by atoms with Gasteiger partial charge in [0.2, 0.25) is 0 Å². The zero-order valence-electron chi connectivity index (χ0n) is 18.7. The monoisotopic (exact) mass is 399 g/mol. The molecule has 3 rings (SSSR count). The summed E-state index contributed by atoms with van der Waals surface area (Å²) < 4.78 is 5.35. The highest BCUT2D eigenvalue weighted by Crippen LogP contribution is 2.42. The second-order valence-corrected chi connectivity index (χ2v) is 9.57. The van der Waals surface area contributed by atoms with Gasteiger partial charge in [-0.15, -0.1) is 0 Å². The maximum absolute atomic E-state index is 11.7. The first-order valence-electron chi connectivity index (χ1n) is 12.3. The summed E-state index contributed by atoms with van der Waals surface area (Å²) in [6, 6.07) is 3.93. The van der Waals surface area contributed by atoms with Crippen molar-refractivity contribution in [2.45, 2.75) is 104 Å². The third-order valence-corrected chi connectivity index (χ3v) is 7.60. The van der Waals surface area contributed by atoms with E-state index >= 15 is 0 Å². The molecule has 162 valence electrons. The minimum absolute atomic E-state index is 0.152. The van der Waals surface area contributed by atoms with Crippen LogP contribution in [0, 0.1) is 23.7 Å². The smallest absolute Gasteiger partial charge is 0.311 e. The molecule has 0 atom stereocenters. The van der Waals surface area contributed by atoms with Crippen LogP contribution in [0.1, 0.15) is 103 Å². The standard InChI is InChI=1S/C26H41NO2/c1-3-5-6-26(28)29-25-18-17-24(27-19-25)16-11-21-9-14-23(15-10-21)22-12-7-20(4-2)8-13-22/h17-23H,3-16H2,1-2H3. The lowest BCUT2D eigenvalue weighted by atomic mass is 9.68. The molecule has 3 heteroatoms. The molecule has 29 heavy (non-hydrogen) atoms. The molecule has 2 aliphatic rings. The average molecular weight is 400 g/mol. The maximum atomic E-state index is 11.7. The molecule has 0 unspecified atom stereocenters. The molecule has 0 amide bonds. The molecule has 2 saturated carbocycles. The van der Waals surface area contributed by atoms with Crippen molar-refractivity contribution in [3.63, 3.8) is 0 Å². The van der Waals surface area contributed by atoms with Gasteiger partial charge >= 0.3 is 5.97 Å². The summed E-state index contributed by atoms with van der Waals surface area (Å²) in [7, 11) is 0. The van der Waals surface area contributed by atoms with Crippen LogP contribution >= 0.6 is 0 Å². The Balaban J connectivity index is 1.34. The SMILES string of the molecule is CCCCC(=O)Oc1ccc(CCC2CCC(C3CCC(CC)CC3)CC2)nc1. The van der Waals surface area contributed by atoms with Gasteiger partial charge in [0.1, 0.15) is 5.75 Å². The molecule has 3 nitrogen and oxygen atoms in total. The lowest BCUT2D eigenvalue weighted by molar-refractivity contribution is -0.134. The second-order valence-electron chi connectivity index (χ2n) is 9.57. The zero-order valence-corrected chi connectivity index (χ0v) is 18.7. The van der Waals surface area contributed by atoms with E-state index in [4.69, 9.17) is 4.74 Å². The first-order valence-corrected chi connectivity index (χ1v) is 12.3. The van der Waals surface area contributed by atoms with Crippen LogP contribution in [-0.4, -0.2) is 11.0 Å². The topological polar surface area (TPSA) is 39.2 Å². The normalized spacial score (nSPS) is 27.5. The van der Waals surface area contributed by atoms with Gasteiger partial charge in [0, 0.05) is 12.1 Å². The first kappa shape index (κ1) is 22.3. The molecule has 0 radical (unpaired) electrons. The van der Waals surface area contributed by atoms with Crippen molar-refractivity contribution in [3.8, 4) is 5.75 Å². The van der Waals surface area contributed by atoms with Crippen molar-refractivity contribution in [1.29, 1.82) is 0 Å². The van der Waals surface area contributed by atoms with Crippen LogP contribution in [0.5, 0.6) is 5.75 Å². The lowest BCUT2D eigenvalue weighted by Gasteiger charge is -2.37. The number of hydrogen-bond donors (Lipinski definition) is 0. The van der Waals surface area contributed by atoms with E-state index in [0.717, 1.165) is 48.6 Å². The van der Waals surface area contributed by atoms with Crippen LogP contribution in [0.2, 0.25) is 0 Å². The minimum atomic E-state index is -0.152. The van der Waals surface area contributed by atoms with E-state index in [0.29, 0.717) is 12.2 Å². The van der Waals surface area contributed by atoms with E-state index in [1.165, 1.54) is 64.2 Å². The molecule has 0 saturated heterocycles. The Morgan fingerprint density at radius 1 is 0.966 bits per heavy atom. The summed E-state index contributed by atoms with van der Waals surface area (Å²) in [5.41, 5.74) is 1.12. The number of ether oxygens (including phenoxy) is 1. The molecule has 0 N–H and O–H groups in total. The van der Waals surface area contributed by atoms with Crippen LogP contribution in [-0.2, 0) is 11.2 Å². The van der Waals surface area contributed by atoms with Crippen molar-refractivity contribution in [3.05, 3.63) is 24.0 Å². The van der Waals surface area contributed by atoms with Gasteiger partial charge in [-0.1, -0.05) is 52.4 Å². The molecule has 0 aliphatic heterocycles. The fraction of sp³-hybridized carbons (Fsp3) is 0.769. The molecule has 2 aliphatic carbocycles. The Bertz CT molecular complexity index is 596. The molecule has 0 spiro atoms. The molecule has 2 fully saturated rings. The number of aromatic nitrogens is 1. The van der Waals surface area contributed by atoms with E-state index in [-0.39, 0.29) is 5.97 Å². The van der Waals surface area contributed by atoms with E-state index < -0.39 is 0 Å². The predicted octanol–water partition coefficient (Wildman–Crippen LogP) is 7.13. The number of pyridine rings is 1. The molecular weight excluding hydrogens is 358 g/mol. The largest absolute Gasteiger partial charge is 0.425 e. The third-order valence-electron chi connectivity index (χ3n) is 7.60. The van der Waals surface area contributed by atoms with Crippen molar-refractivity contribution in [1.82, 2.24) is 4.98 Å². The summed E-state index contributed by atoms with van der Waals surface area (Å²) in [6.45, 7) is 4.44. The molecule has 0 aromatic carbocycles. The van der Waals surface area contributed by atoms with Gasteiger partial charge in [-0.3, -0.25) is 9.78 Å². The average Bonchev–Trinajstić information content (AvgIpc) is 2.77. The Morgan fingerprint density at radius 3 is 2.17 bits per heavy atom. The highest BCUT2D eigenvalue weighted by Gasteiger charge is 2.30. The number of unbranched alkanes of at least 4 members (excludes halogenated alkanes) is 1. The number of hydrogen-bond acceptors (Lipinski definition) is 3. The van der Waals surface area contributed by atoms with E-state index in [1.807, 2.05) is 12.1 Å². The molecule has 1 aromatic heterocycles. The van der Waals surface area contributed by atoms with Gasteiger partial charge in [0.15, 0.2) is 0 Å². The quantitative estimate of drug-likeness (QED) is 0.414. The fourth-order valence-electron chi connectivity index (χ4n) is 5.49. The fourth-order valence-corrected chi connectivity index (χ4v) is 5.49. The first-order chi connectivity index (χ1) is 14.2. The van der Waals surface area contributed by atoms with Gasteiger partial charge in [0.25, 0.3) is 0 Å². The Kier molecular flexibility index (Phi) is 9.01. The van der Waals surface area contributed by atoms with Crippen LogP contribution in [0.4, 0.5) is 0 Å². The van der Waals surface area contributed by atoms with Gasteiger partial charge in [-0.2, -0.15) is 0 Å².